The summed E-state index contributed by atoms with van der Waals surface area (Å²) in [5.41, 5.74) is 0.589. The molecule has 2 atom stereocenters. The number of hydrogen-bond acceptors (Lipinski definition) is 6. The molecule has 0 unspecified atom stereocenters. The molecule has 0 spiro atoms. The van der Waals surface area contributed by atoms with Gasteiger partial charge in [0.25, 0.3) is 0 Å². The van der Waals surface area contributed by atoms with Gasteiger partial charge >= 0.3 is 0 Å². The number of rotatable bonds is 6. The molecule has 1 fully saturated rings. The third kappa shape index (κ3) is 6.64. The Morgan fingerprint density at radius 3 is 2.88 bits per heavy atom. The Hall–Kier alpha value is -1.35. The molecule has 1 aliphatic heterocycles. The maximum atomic E-state index is 12.3. The standard InChI is InChI=1S/C15H22N2O5S.ClH/c1-11-14(16-6-7-21-11)15(18)17-12-4-3-5-13(10-12)22-8-9-23(2,19)20;/h3-5,10-11,14,16H,6-9H2,1-2H3,(H,17,18);1H/t11-,14+;/m1./s1. The lowest BCUT2D eigenvalue weighted by atomic mass is 10.1. The van der Waals surface area contributed by atoms with E-state index in [4.69, 9.17) is 9.47 Å². The van der Waals surface area contributed by atoms with Crippen molar-refractivity contribution in [2.75, 3.05) is 37.1 Å². The number of nitrogens with one attached hydrogen (secondary N) is 2. The Balaban J connectivity index is 0.00000288. The highest BCUT2D eigenvalue weighted by Crippen LogP contribution is 2.18. The molecule has 1 heterocycles. The van der Waals surface area contributed by atoms with Gasteiger partial charge in [0.1, 0.15) is 18.4 Å². The average Bonchev–Trinajstić information content (AvgIpc) is 2.46. The lowest BCUT2D eigenvalue weighted by Crippen LogP contribution is -2.53. The summed E-state index contributed by atoms with van der Waals surface area (Å²) in [4.78, 5) is 12.3. The Morgan fingerprint density at radius 2 is 2.21 bits per heavy atom. The Bertz CT molecular complexity index is 653. The maximum absolute atomic E-state index is 12.3. The van der Waals surface area contributed by atoms with E-state index in [2.05, 4.69) is 10.6 Å². The number of halogens is 1. The van der Waals surface area contributed by atoms with Crippen LogP contribution in [-0.4, -0.2) is 58.2 Å². The van der Waals surface area contributed by atoms with Crippen LogP contribution in [0.2, 0.25) is 0 Å². The molecule has 2 rings (SSSR count). The van der Waals surface area contributed by atoms with E-state index in [1.807, 2.05) is 6.92 Å². The normalized spacial score (nSPS) is 20.8. The van der Waals surface area contributed by atoms with Crippen LogP contribution >= 0.6 is 12.4 Å². The Labute approximate surface area is 148 Å². The maximum Gasteiger partial charge on any atom is 0.244 e. The molecular weight excluding hydrogens is 356 g/mol. The minimum atomic E-state index is -3.06. The first-order valence-corrected chi connectivity index (χ1v) is 9.48. The molecule has 0 aliphatic carbocycles. The third-order valence-electron chi connectivity index (χ3n) is 3.42. The monoisotopic (exact) mass is 378 g/mol. The largest absolute Gasteiger partial charge is 0.492 e. The van der Waals surface area contributed by atoms with Crippen molar-refractivity contribution < 1.29 is 22.7 Å². The van der Waals surface area contributed by atoms with Crippen molar-refractivity contribution in [3.63, 3.8) is 0 Å². The zero-order chi connectivity index (χ0) is 16.9. The molecule has 7 nitrogen and oxygen atoms in total. The van der Waals surface area contributed by atoms with Crippen molar-refractivity contribution in [3.8, 4) is 5.75 Å². The van der Waals surface area contributed by atoms with Crippen molar-refractivity contribution in [1.82, 2.24) is 5.32 Å². The first-order valence-electron chi connectivity index (χ1n) is 7.41. The molecule has 0 bridgehead atoms. The second kappa shape index (κ2) is 9.22. The predicted octanol–water partition coefficient (Wildman–Crippen LogP) is 0.847. The number of benzene rings is 1. The van der Waals surface area contributed by atoms with Crippen molar-refractivity contribution in [2.24, 2.45) is 0 Å². The van der Waals surface area contributed by atoms with E-state index in [1.54, 1.807) is 24.3 Å². The van der Waals surface area contributed by atoms with E-state index in [1.165, 1.54) is 0 Å². The Morgan fingerprint density at radius 1 is 1.46 bits per heavy atom. The fourth-order valence-corrected chi connectivity index (χ4v) is 2.61. The lowest BCUT2D eigenvalue weighted by Gasteiger charge is -2.29. The quantitative estimate of drug-likeness (QED) is 0.762. The van der Waals surface area contributed by atoms with Crippen LogP contribution in [0.25, 0.3) is 0 Å². The van der Waals surface area contributed by atoms with Gasteiger partial charge in [-0.05, 0) is 19.1 Å². The van der Waals surface area contributed by atoms with Gasteiger partial charge in [-0.3, -0.25) is 4.79 Å². The summed E-state index contributed by atoms with van der Waals surface area (Å²) in [6.07, 6.45) is 0.964. The van der Waals surface area contributed by atoms with Gasteiger partial charge in [0, 0.05) is 24.6 Å². The van der Waals surface area contributed by atoms with Crippen LogP contribution in [0.4, 0.5) is 5.69 Å². The molecule has 24 heavy (non-hydrogen) atoms. The molecule has 9 heteroatoms. The number of anilines is 1. The predicted molar refractivity (Wildman–Crippen MR) is 94.7 cm³/mol. The van der Waals surface area contributed by atoms with Gasteiger partial charge in [-0.2, -0.15) is 0 Å². The second-order valence-electron chi connectivity index (χ2n) is 5.50. The molecule has 2 N–H and O–H groups in total. The fourth-order valence-electron chi connectivity index (χ4n) is 2.22. The highest BCUT2D eigenvalue weighted by atomic mass is 35.5. The molecule has 1 aromatic rings. The van der Waals surface area contributed by atoms with Crippen molar-refractivity contribution >= 4 is 33.8 Å². The van der Waals surface area contributed by atoms with E-state index in [0.29, 0.717) is 24.6 Å². The summed E-state index contributed by atoms with van der Waals surface area (Å²) in [5, 5.41) is 5.93. The van der Waals surface area contributed by atoms with Gasteiger partial charge in [0.15, 0.2) is 9.84 Å². The summed E-state index contributed by atoms with van der Waals surface area (Å²) in [6, 6.07) is 6.45. The topological polar surface area (TPSA) is 93.7 Å². The molecule has 0 aromatic heterocycles. The van der Waals surface area contributed by atoms with Crippen LogP contribution in [0.15, 0.2) is 24.3 Å². The molecular formula is C15H23ClN2O5S. The molecule has 1 saturated heterocycles. The first-order chi connectivity index (χ1) is 10.8. The van der Waals surface area contributed by atoms with E-state index in [0.717, 1.165) is 6.26 Å². The van der Waals surface area contributed by atoms with Gasteiger partial charge in [-0.15, -0.1) is 12.4 Å². The number of sulfone groups is 1. The van der Waals surface area contributed by atoms with Crippen molar-refractivity contribution in [1.29, 1.82) is 0 Å². The SMILES string of the molecule is C[C@H]1OCCN[C@@H]1C(=O)Nc1cccc(OCCS(C)(=O)=O)c1.Cl. The van der Waals surface area contributed by atoms with Gasteiger partial charge in [-0.25, -0.2) is 8.42 Å². The highest BCUT2D eigenvalue weighted by Gasteiger charge is 2.28. The third-order valence-corrected chi connectivity index (χ3v) is 4.33. The summed E-state index contributed by atoms with van der Waals surface area (Å²) in [7, 11) is -3.06. The van der Waals surface area contributed by atoms with E-state index >= 15 is 0 Å². The van der Waals surface area contributed by atoms with Crippen LogP contribution in [-0.2, 0) is 19.4 Å². The van der Waals surface area contributed by atoms with Crippen LogP contribution in [0.5, 0.6) is 5.75 Å². The zero-order valence-electron chi connectivity index (χ0n) is 13.7. The lowest BCUT2D eigenvalue weighted by molar-refractivity contribution is -0.123. The number of hydrogen-bond donors (Lipinski definition) is 2. The number of carbonyl (C=O) groups is 1. The van der Waals surface area contributed by atoms with Gasteiger partial charge in [0.2, 0.25) is 5.91 Å². The van der Waals surface area contributed by atoms with Crippen molar-refractivity contribution in [3.05, 3.63) is 24.3 Å². The fraction of sp³-hybridized carbons (Fsp3) is 0.533. The number of ether oxygens (including phenoxy) is 2. The van der Waals surface area contributed by atoms with Crippen LogP contribution in [0, 0.1) is 0 Å². The second-order valence-corrected chi connectivity index (χ2v) is 7.76. The van der Waals surface area contributed by atoms with E-state index in [9.17, 15) is 13.2 Å². The molecule has 136 valence electrons. The van der Waals surface area contributed by atoms with Crippen LogP contribution < -0.4 is 15.4 Å². The first kappa shape index (κ1) is 20.7. The van der Waals surface area contributed by atoms with Gasteiger partial charge in [0.05, 0.1) is 18.5 Å². The molecule has 1 aliphatic rings. The summed E-state index contributed by atoms with van der Waals surface area (Å²) >= 11 is 0. The average molecular weight is 379 g/mol. The minimum Gasteiger partial charge on any atom is -0.492 e. The number of morpholine rings is 1. The molecule has 0 radical (unpaired) electrons. The number of carbonyl (C=O) groups excluding carboxylic acids is 1. The smallest absolute Gasteiger partial charge is 0.244 e. The van der Waals surface area contributed by atoms with Crippen molar-refractivity contribution in [2.45, 2.75) is 19.1 Å². The molecule has 1 amide bonds. The summed E-state index contributed by atoms with van der Waals surface area (Å²) in [5.74, 6) is 0.280. The number of amides is 1. The molecule has 1 aromatic carbocycles. The van der Waals surface area contributed by atoms with Gasteiger partial charge < -0.3 is 20.1 Å². The van der Waals surface area contributed by atoms with Gasteiger partial charge in [-0.1, -0.05) is 6.07 Å². The summed E-state index contributed by atoms with van der Waals surface area (Å²) < 4.78 is 33.0. The summed E-state index contributed by atoms with van der Waals surface area (Å²) in [6.45, 7) is 3.15. The minimum absolute atomic E-state index is 0. The van der Waals surface area contributed by atoms with Crippen LogP contribution in [0.3, 0.4) is 0 Å². The van der Waals surface area contributed by atoms with E-state index < -0.39 is 15.9 Å². The zero-order valence-corrected chi connectivity index (χ0v) is 15.3. The highest BCUT2D eigenvalue weighted by molar-refractivity contribution is 7.90. The molecule has 0 saturated carbocycles. The van der Waals surface area contributed by atoms with Crippen LogP contribution in [0.1, 0.15) is 6.92 Å². The Kier molecular flexibility index (Phi) is 7.95. The van der Waals surface area contributed by atoms with E-state index in [-0.39, 0.29) is 36.8 Å².